The number of anilines is 1. The summed E-state index contributed by atoms with van der Waals surface area (Å²) in [6.45, 7) is 1.97. The molecule has 1 heterocycles. The normalized spacial score (nSPS) is 16.1. The standard InChI is InChI=1S/C18H17NO4S/c1-11-17(20)19-14-9-12(7-8-16(14)24-11)18(21)23-10-13-5-3-4-6-15(13)22-2/h3-9,11H,10H2,1-2H3,(H,19,20)/t11-/m1/s1. The van der Waals surface area contributed by atoms with E-state index in [4.69, 9.17) is 9.47 Å². The molecule has 0 saturated carbocycles. The van der Waals surface area contributed by atoms with Gasteiger partial charge < -0.3 is 14.8 Å². The molecule has 3 rings (SSSR count). The summed E-state index contributed by atoms with van der Waals surface area (Å²) in [5.41, 5.74) is 1.85. The third kappa shape index (κ3) is 3.38. The molecule has 0 saturated heterocycles. The fraction of sp³-hybridized carbons (Fsp3) is 0.222. The van der Waals surface area contributed by atoms with Crippen molar-refractivity contribution in [1.82, 2.24) is 0 Å². The molecule has 6 heteroatoms. The van der Waals surface area contributed by atoms with Crippen LogP contribution in [0.5, 0.6) is 5.75 Å². The van der Waals surface area contributed by atoms with Crippen LogP contribution in [0.25, 0.3) is 0 Å². The number of carbonyl (C=O) groups is 2. The minimum atomic E-state index is -0.443. The molecule has 0 aromatic heterocycles. The van der Waals surface area contributed by atoms with Gasteiger partial charge in [-0.3, -0.25) is 4.79 Å². The number of fused-ring (bicyclic) bond motifs is 1. The van der Waals surface area contributed by atoms with Gasteiger partial charge in [0.05, 0.1) is 23.6 Å². The minimum Gasteiger partial charge on any atom is -0.496 e. The van der Waals surface area contributed by atoms with Crippen molar-refractivity contribution in [3.8, 4) is 5.75 Å². The third-order valence-electron chi connectivity index (χ3n) is 3.70. The molecule has 24 heavy (non-hydrogen) atoms. The highest BCUT2D eigenvalue weighted by atomic mass is 32.2. The zero-order valence-electron chi connectivity index (χ0n) is 13.4. The van der Waals surface area contributed by atoms with Crippen LogP contribution in [0.2, 0.25) is 0 Å². The Bertz CT molecular complexity index is 790. The molecule has 1 aliphatic rings. The number of hydrogen-bond donors (Lipinski definition) is 1. The van der Waals surface area contributed by atoms with Gasteiger partial charge in [-0.25, -0.2) is 4.79 Å². The van der Waals surface area contributed by atoms with Crippen LogP contribution in [-0.2, 0) is 16.1 Å². The van der Waals surface area contributed by atoms with Gasteiger partial charge in [0, 0.05) is 10.5 Å². The summed E-state index contributed by atoms with van der Waals surface area (Å²) in [6.07, 6.45) is 0. The molecule has 124 valence electrons. The number of nitrogens with one attached hydrogen (secondary N) is 1. The Kier molecular flexibility index (Phi) is 4.76. The summed E-state index contributed by atoms with van der Waals surface area (Å²) >= 11 is 1.47. The predicted molar refractivity (Wildman–Crippen MR) is 92.5 cm³/mol. The molecule has 0 fully saturated rings. The van der Waals surface area contributed by atoms with E-state index >= 15 is 0 Å². The van der Waals surface area contributed by atoms with E-state index in [-0.39, 0.29) is 17.8 Å². The molecular weight excluding hydrogens is 326 g/mol. The van der Waals surface area contributed by atoms with Crippen molar-refractivity contribution in [3.05, 3.63) is 53.6 Å². The van der Waals surface area contributed by atoms with Crippen LogP contribution in [0, 0.1) is 0 Å². The molecule has 2 aromatic carbocycles. The smallest absolute Gasteiger partial charge is 0.338 e. The average Bonchev–Trinajstić information content (AvgIpc) is 2.60. The maximum Gasteiger partial charge on any atom is 0.338 e. The zero-order valence-corrected chi connectivity index (χ0v) is 14.2. The van der Waals surface area contributed by atoms with Crippen LogP contribution < -0.4 is 10.1 Å². The number of carbonyl (C=O) groups excluding carboxylic acids is 2. The maximum absolute atomic E-state index is 12.3. The zero-order chi connectivity index (χ0) is 17.1. The number of thioether (sulfide) groups is 1. The lowest BCUT2D eigenvalue weighted by Crippen LogP contribution is -2.26. The minimum absolute atomic E-state index is 0.0629. The average molecular weight is 343 g/mol. The molecule has 0 aliphatic carbocycles. The Morgan fingerprint density at radius 3 is 2.83 bits per heavy atom. The van der Waals surface area contributed by atoms with Gasteiger partial charge in [0.1, 0.15) is 12.4 Å². The number of amides is 1. The van der Waals surface area contributed by atoms with Crippen molar-refractivity contribution in [2.24, 2.45) is 0 Å². The Labute approximate surface area is 144 Å². The molecule has 1 aliphatic heterocycles. The monoisotopic (exact) mass is 343 g/mol. The first-order valence-corrected chi connectivity index (χ1v) is 8.37. The number of hydrogen-bond acceptors (Lipinski definition) is 5. The Morgan fingerprint density at radius 2 is 2.04 bits per heavy atom. The first-order valence-electron chi connectivity index (χ1n) is 7.49. The van der Waals surface area contributed by atoms with Crippen molar-refractivity contribution in [1.29, 1.82) is 0 Å². The van der Waals surface area contributed by atoms with Gasteiger partial charge in [-0.1, -0.05) is 18.2 Å². The fourth-order valence-electron chi connectivity index (χ4n) is 2.38. The lowest BCUT2D eigenvalue weighted by atomic mass is 10.2. The molecule has 1 N–H and O–H groups in total. The van der Waals surface area contributed by atoms with E-state index in [0.717, 1.165) is 10.5 Å². The molecule has 1 atom stereocenters. The second-order valence-electron chi connectivity index (χ2n) is 5.35. The molecule has 0 bridgehead atoms. The topological polar surface area (TPSA) is 64.6 Å². The number of para-hydroxylation sites is 1. The van der Waals surface area contributed by atoms with Crippen molar-refractivity contribution < 1.29 is 19.1 Å². The summed E-state index contributed by atoms with van der Waals surface area (Å²) in [7, 11) is 1.57. The summed E-state index contributed by atoms with van der Waals surface area (Å²) in [5.74, 6) is 0.169. The van der Waals surface area contributed by atoms with Gasteiger partial charge in [-0.2, -0.15) is 0 Å². The number of methoxy groups -OCH3 is 1. The van der Waals surface area contributed by atoms with Crippen LogP contribution >= 0.6 is 11.8 Å². The first kappa shape index (κ1) is 16.4. The van der Waals surface area contributed by atoms with Gasteiger partial charge in [-0.05, 0) is 31.2 Å². The van der Waals surface area contributed by atoms with Crippen molar-refractivity contribution in [2.45, 2.75) is 23.7 Å². The van der Waals surface area contributed by atoms with Crippen molar-refractivity contribution >= 4 is 29.3 Å². The van der Waals surface area contributed by atoms with E-state index in [2.05, 4.69) is 5.32 Å². The molecular formula is C18H17NO4S. The second-order valence-corrected chi connectivity index (χ2v) is 6.73. The number of ether oxygens (including phenoxy) is 2. The summed E-state index contributed by atoms with van der Waals surface area (Å²) in [6, 6.07) is 12.6. The highest BCUT2D eigenvalue weighted by molar-refractivity contribution is 8.00. The predicted octanol–water partition coefficient (Wildman–Crippen LogP) is 3.48. The van der Waals surface area contributed by atoms with Crippen LogP contribution in [-0.4, -0.2) is 24.2 Å². The lowest BCUT2D eigenvalue weighted by molar-refractivity contribution is -0.115. The van der Waals surface area contributed by atoms with E-state index < -0.39 is 5.97 Å². The second kappa shape index (κ2) is 6.97. The molecule has 5 nitrogen and oxygen atoms in total. The van der Waals surface area contributed by atoms with Crippen LogP contribution in [0.1, 0.15) is 22.8 Å². The van der Waals surface area contributed by atoms with E-state index in [1.807, 2.05) is 37.3 Å². The maximum atomic E-state index is 12.3. The Balaban J connectivity index is 1.72. The number of esters is 1. The van der Waals surface area contributed by atoms with Crippen LogP contribution in [0.15, 0.2) is 47.4 Å². The largest absolute Gasteiger partial charge is 0.496 e. The SMILES string of the molecule is COc1ccccc1COC(=O)c1ccc2c(c1)NC(=O)[C@@H](C)S2. The first-order chi connectivity index (χ1) is 11.6. The summed E-state index contributed by atoms with van der Waals surface area (Å²) in [4.78, 5) is 25.0. The van der Waals surface area contributed by atoms with E-state index in [0.29, 0.717) is 17.0 Å². The van der Waals surface area contributed by atoms with Gasteiger partial charge in [-0.15, -0.1) is 11.8 Å². The van der Waals surface area contributed by atoms with Crippen molar-refractivity contribution in [2.75, 3.05) is 12.4 Å². The quantitative estimate of drug-likeness (QED) is 0.861. The molecule has 0 unspecified atom stereocenters. The van der Waals surface area contributed by atoms with Crippen molar-refractivity contribution in [3.63, 3.8) is 0 Å². The fourth-order valence-corrected chi connectivity index (χ4v) is 3.31. The van der Waals surface area contributed by atoms with Gasteiger partial charge in [0.2, 0.25) is 5.91 Å². The Hall–Kier alpha value is -2.47. The van der Waals surface area contributed by atoms with Gasteiger partial charge in [0.25, 0.3) is 0 Å². The lowest BCUT2D eigenvalue weighted by Gasteiger charge is -2.21. The highest BCUT2D eigenvalue weighted by Gasteiger charge is 2.24. The summed E-state index contributed by atoms with van der Waals surface area (Å²) in [5, 5.41) is 2.67. The third-order valence-corrected chi connectivity index (χ3v) is 4.87. The van der Waals surface area contributed by atoms with E-state index in [1.165, 1.54) is 11.8 Å². The molecule has 1 amide bonds. The Morgan fingerprint density at radius 1 is 1.25 bits per heavy atom. The van der Waals surface area contributed by atoms with E-state index in [9.17, 15) is 9.59 Å². The van der Waals surface area contributed by atoms with Gasteiger partial charge in [0.15, 0.2) is 0 Å². The number of benzene rings is 2. The molecule has 0 spiro atoms. The highest BCUT2D eigenvalue weighted by Crippen LogP contribution is 2.36. The summed E-state index contributed by atoms with van der Waals surface area (Å²) < 4.78 is 10.6. The van der Waals surface area contributed by atoms with Crippen LogP contribution in [0.3, 0.4) is 0 Å². The van der Waals surface area contributed by atoms with E-state index in [1.54, 1.807) is 19.2 Å². The van der Waals surface area contributed by atoms with Crippen LogP contribution in [0.4, 0.5) is 5.69 Å². The molecule has 0 radical (unpaired) electrons. The van der Waals surface area contributed by atoms with Gasteiger partial charge >= 0.3 is 5.97 Å². The number of rotatable bonds is 4. The molecule has 2 aromatic rings.